The van der Waals surface area contributed by atoms with E-state index in [2.05, 4.69) is 43.6 Å². The Hall–Kier alpha value is -2.65. The summed E-state index contributed by atoms with van der Waals surface area (Å²) >= 11 is 1.59. The van der Waals surface area contributed by atoms with E-state index in [1.807, 2.05) is 22.4 Å². The SMILES string of the molecule is CC1(C)C(C(=O)N2CCC(c3nc(C(=O)N4CCN(Cc5ccc6c(c5)OCO6)CC4)cs3)CC2)C1(C)C. The lowest BCUT2D eigenvalue weighted by molar-refractivity contribution is -0.134. The molecule has 4 aliphatic rings. The summed E-state index contributed by atoms with van der Waals surface area (Å²) in [6.45, 7) is 14.5. The Morgan fingerprint density at radius 1 is 0.947 bits per heavy atom. The molecule has 38 heavy (non-hydrogen) atoms. The van der Waals surface area contributed by atoms with Gasteiger partial charge in [0.1, 0.15) is 5.69 Å². The molecular formula is C29H38N4O4S. The molecule has 0 spiro atoms. The summed E-state index contributed by atoms with van der Waals surface area (Å²) in [5.74, 6) is 2.39. The molecule has 8 nitrogen and oxygen atoms in total. The average Bonchev–Trinajstić information content (AvgIpc) is 3.41. The number of aromatic nitrogens is 1. The molecule has 0 atom stereocenters. The molecule has 0 unspecified atom stereocenters. The first kappa shape index (κ1) is 25.6. The van der Waals surface area contributed by atoms with Crippen molar-refractivity contribution in [2.24, 2.45) is 16.7 Å². The van der Waals surface area contributed by atoms with Crippen molar-refractivity contribution in [1.29, 1.82) is 0 Å². The maximum absolute atomic E-state index is 13.2. The van der Waals surface area contributed by atoms with Crippen molar-refractivity contribution in [2.75, 3.05) is 46.1 Å². The number of carbonyl (C=O) groups is 2. The van der Waals surface area contributed by atoms with Gasteiger partial charge in [-0.3, -0.25) is 14.5 Å². The molecule has 9 heteroatoms. The van der Waals surface area contributed by atoms with Crippen LogP contribution in [0.1, 0.15) is 67.5 Å². The van der Waals surface area contributed by atoms with E-state index in [0.717, 1.165) is 62.1 Å². The van der Waals surface area contributed by atoms with Crippen molar-refractivity contribution in [1.82, 2.24) is 19.7 Å². The quantitative estimate of drug-likeness (QED) is 0.568. The molecule has 0 bridgehead atoms. The molecule has 1 aliphatic carbocycles. The number of piperazine rings is 1. The van der Waals surface area contributed by atoms with Crippen molar-refractivity contribution in [3.63, 3.8) is 0 Å². The molecule has 3 aliphatic heterocycles. The largest absolute Gasteiger partial charge is 0.454 e. The summed E-state index contributed by atoms with van der Waals surface area (Å²) in [4.78, 5) is 37.5. The minimum atomic E-state index is 0.0287. The lowest BCUT2D eigenvalue weighted by atomic mass is 9.96. The molecule has 4 heterocycles. The van der Waals surface area contributed by atoms with Crippen molar-refractivity contribution in [3.05, 3.63) is 39.8 Å². The first-order valence-corrected chi connectivity index (χ1v) is 14.7. The lowest BCUT2D eigenvalue weighted by Crippen LogP contribution is -2.48. The smallest absolute Gasteiger partial charge is 0.273 e. The third-order valence-electron chi connectivity index (χ3n) is 9.67. The monoisotopic (exact) mass is 538 g/mol. The number of carbonyl (C=O) groups excluding carboxylic acids is 2. The topological polar surface area (TPSA) is 75.2 Å². The molecule has 2 aromatic rings. The first-order chi connectivity index (χ1) is 18.1. The molecule has 2 saturated heterocycles. The van der Waals surface area contributed by atoms with Crippen LogP contribution in [0, 0.1) is 16.7 Å². The Morgan fingerprint density at radius 3 is 2.32 bits per heavy atom. The van der Waals surface area contributed by atoms with E-state index in [-0.39, 0.29) is 29.4 Å². The zero-order chi connectivity index (χ0) is 26.7. The molecule has 6 rings (SSSR count). The average molecular weight is 539 g/mol. The van der Waals surface area contributed by atoms with Gasteiger partial charge in [0.2, 0.25) is 12.7 Å². The van der Waals surface area contributed by atoms with Gasteiger partial charge in [0.05, 0.1) is 5.01 Å². The maximum atomic E-state index is 13.2. The Labute approximate surface area is 228 Å². The number of amides is 2. The number of likely N-dealkylation sites (tertiary alicyclic amines) is 1. The van der Waals surface area contributed by atoms with Crippen molar-refractivity contribution in [2.45, 2.75) is 53.0 Å². The van der Waals surface area contributed by atoms with Crippen LogP contribution in [-0.4, -0.2) is 77.6 Å². The number of fused-ring (bicyclic) bond motifs is 1. The second-order valence-corrected chi connectivity index (χ2v) is 13.2. The summed E-state index contributed by atoms with van der Waals surface area (Å²) in [5.41, 5.74) is 1.90. The Balaban J connectivity index is 0.987. The Bertz CT molecular complexity index is 1210. The second kappa shape index (κ2) is 9.52. The first-order valence-electron chi connectivity index (χ1n) is 13.8. The number of rotatable bonds is 5. The zero-order valence-corrected chi connectivity index (χ0v) is 23.7. The third-order valence-corrected chi connectivity index (χ3v) is 10.7. The number of benzene rings is 1. The maximum Gasteiger partial charge on any atom is 0.273 e. The predicted molar refractivity (Wildman–Crippen MR) is 145 cm³/mol. The van der Waals surface area contributed by atoms with Crippen molar-refractivity contribution < 1.29 is 19.1 Å². The molecule has 1 aromatic heterocycles. The molecule has 3 fully saturated rings. The highest BCUT2D eigenvalue weighted by molar-refractivity contribution is 7.09. The molecular weight excluding hydrogens is 500 g/mol. The molecule has 204 valence electrons. The van der Waals surface area contributed by atoms with Crippen molar-refractivity contribution >= 4 is 23.2 Å². The van der Waals surface area contributed by atoms with Gasteiger partial charge < -0.3 is 19.3 Å². The molecule has 1 aromatic carbocycles. The fourth-order valence-electron chi connectivity index (χ4n) is 6.49. The predicted octanol–water partition coefficient (Wildman–Crippen LogP) is 4.22. The fourth-order valence-corrected chi connectivity index (χ4v) is 7.45. The van der Waals surface area contributed by atoms with Gasteiger partial charge in [-0.15, -0.1) is 11.3 Å². The highest BCUT2D eigenvalue weighted by Gasteiger charge is 2.68. The van der Waals surface area contributed by atoms with Crippen LogP contribution >= 0.6 is 11.3 Å². The molecule has 1 saturated carbocycles. The number of ether oxygens (including phenoxy) is 2. The standard InChI is InChI=1S/C29H38N4O4S/c1-28(2)24(29(28,3)4)27(35)32-9-7-20(8-10-32)25-30-21(17-38-25)26(34)33-13-11-31(12-14-33)16-19-5-6-22-23(15-19)37-18-36-22/h5-6,15,17,20,24H,7-14,16,18H2,1-4H3. The van der Waals surface area contributed by atoms with E-state index in [1.165, 1.54) is 5.56 Å². The number of hydrogen-bond donors (Lipinski definition) is 0. The van der Waals surface area contributed by atoms with Crippen LogP contribution in [0.4, 0.5) is 0 Å². The number of thiazole rings is 1. The van der Waals surface area contributed by atoms with Crippen LogP contribution < -0.4 is 9.47 Å². The summed E-state index contributed by atoms with van der Waals surface area (Å²) in [5, 5.41) is 2.96. The van der Waals surface area contributed by atoms with Gasteiger partial charge in [-0.2, -0.15) is 0 Å². The van der Waals surface area contributed by atoms with E-state index in [1.54, 1.807) is 11.3 Å². The summed E-state index contributed by atoms with van der Waals surface area (Å²) in [7, 11) is 0. The van der Waals surface area contributed by atoms with Crippen molar-refractivity contribution in [3.8, 4) is 11.5 Å². The summed E-state index contributed by atoms with van der Waals surface area (Å²) < 4.78 is 10.9. The number of nitrogens with zero attached hydrogens (tertiary/aromatic N) is 4. The van der Waals surface area contributed by atoms with Gasteiger partial charge in [0.15, 0.2) is 11.5 Å². The third kappa shape index (κ3) is 4.47. The van der Waals surface area contributed by atoms with Gasteiger partial charge in [-0.1, -0.05) is 33.8 Å². The van der Waals surface area contributed by atoms with E-state index in [0.29, 0.717) is 30.6 Å². The van der Waals surface area contributed by atoms with E-state index in [9.17, 15) is 9.59 Å². The van der Waals surface area contributed by atoms with Crippen LogP contribution in [0.15, 0.2) is 23.6 Å². The summed E-state index contributed by atoms with van der Waals surface area (Å²) in [6.07, 6.45) is 1.83. The van der Waals surface area contributed by atoms with Gasteiger partial charge in [-0.05, 0) is 41.4 Å². The van der Waals surface area contributed by atoms with E-state index < -0.39 is 0 Å². The lowest BCUT2D eigenvalue weighted by Gasteiger charge is -2.34. The van der Waals surface area contributed by atoms with Crippen LogP contribution in [0.2, 0.25) is 0 Å². The molecule has 2 amide bonds. The minimum absolute atomic E-state index is 0.0287. The number of piperidine rings is 1. The Morgan fingerprint density at radius 2 is 1.63 bits per heavy atom. The fraction of sp³-hybridized carbons (Fsp3) is 0.621. The van der Waals surface area contributed by atoms with Crippen LogP contribution in [0.3, 0.4) is 0 Å². The van der Waals surface area contributed by atoms with Crippen LogP contribution in [-0.2, 0) is 11.3 Å². The Kier molecular flexibility index (Phi) is 6.42. The molecule has 0 radical (unpaired) electrons. The highest BCUT2D eigenvalue weighted by atomic mass is 32.1. The highest BCUT2D eigenvalue weighted by Crippen LogP contribution is 2.68. The zero-order valence-electron chi connectivity index (χ0n) is 22.9. The van der Waals surface area contributed by atoms with Gasteiger partial charge in [0, 0.05) is 63.0 Å². The van der Waals surface area contributed by atoms with Crippen LogP contribution in [0.25, 0.3) is 0 Å². The van der Waals surface area contributed by atoms with E-state index in [4.69, 9.17) is 14.5 Å². The minimum Gasteiger partial charge on any atom is -0.454 e. The molecule has 0 N–H and O–H groups in total. The normalized spacial score (nSPS) is 23.1. The van der Waals surface area contributed by atoms with Gasteiger partial charge in [-0.25, -0.2) is 4.98 Å². The van der Waals surface area contributed by atoms with E-state index >= 15 is 0 Å². The second-order valence-electron chi connectivity index (χ2n) is 12.3. The summed E-state index contributed by atoms with van der Waals surface area (Å²) in [6, 6.07) is 6.09. The van der Waals surface area contributed by atoms with Gasteiger partial charge in [0.25, 0.3) is 5.91 Å². The number of hydrogen-bond acceptors (Lipinski definition) is 7. The van der Waals surface area contributed by atoms with Crippen LogP contribution in [0.5, 0.6) is 11.5 Å². The van der Waals surface area contributed by atoms with Gasteiger partial charge >= 0.3 is 0 Å².